The summed E-state index contributed by atoms with van der Waals surface area (Å²) in [5, 5.41) is 5.67. The Balaban J connectivity index is 2.03. The molecule has 0 saturated carbocycles. The summed E-state index contributed by atoms with van der Waals surface area (Å²) in [5.74, 6) is 0.762. The van der Waals surface area contributed by atoms with Gasteiger partial charge in [0.25, 0.3) is 0 Å². The maximum absolute atomic E-state index is 3.51. The lowest BCUT2D eigenvalue weighted by Gasteiger charge is -2.23. The van der Waals surface area contributed by atoms with Crippen LogP contribution in [0.5, 0.6) is 0 Å². The van der Waals surface area contributed by atoms with Gasteiger partial charge >= 0.3 is 0 Å². The maximum atomic E-state index is 3.51. The van der Waals surface area contributed by atoms with Gasteiger partial charge in [-0.05, 0) is 63.8 Å². The van der Waals surface area contributed by atoms with Crippen LogP contribution in [0.1, 0.15) is 51.0 Å². The van der Waals surface area contributed by atoms with Gasteiger partial charge in [0, 0.05) is 10.9 Å². The molecule has 110 valence electrons. The normalized spacial score (nSPS) is 13.4. The first kappa shape index (κ1) is 16.7. The highest BCUT2D eigenvalue weighted by molar-refractivity contribution is 7.10. The van der Waals surface area contributed by atoms with Gasteiger partial charge < -0.3 is 5.32 Å². The quantitative estimate of drug-likeness (QED) is 0.648. The van der Waals surface area contributed by atoms with Crippen LogP contribution >= 0.6 is 11.3 Å². The number of nitrogens with one attached hydrogen (secondary N) is 1. The molecule has 1 heterocycles. The Kier molecular flexibility index (Phi) is 8.35. The van der Waals surface area contributed by atoms with Crippen molar-refractivity contribution in [2.75, 3.05) is 26.7 Å². The maximum Gasteiger partial charge on any atom is 0.0410 e. The van der Waals surface area contributed by atoms with Crippen LogP contribution in [-0.4, -0.2) is 31.6 Å². The fraction of sp³-hybridized carbons (Fsp3) is 0.750. The number of hydrogen-bond acceptors (Lipinski definition) is 3. The molecule has 0 aromatic carbocycles. The molecule has 1 N–H and O–H groups in total. The number of nitrogens with zero attached hydrogens (tertiary/aromatic N) is 1. The van der Waals surface area contributed by atoms with E-state index in [4.69, 9.17) is 0 Å². The van der Waals surface area contributed by atoms with E-state index in [-0.39, 0.29) is 0 Å². The molecule has 0 aliphatic carbocycles. The molecule has 2 nitrogen and oxygen atoms in total. The van der Waals surface area contributed by atoms with Crippen molar-refractivity contribution in [1.29, 1.82) is 0 Å². The van der Waals surface area contributed by atoms with E-state index in [0.29, 0.717) is 6.04 Å². The van der Waals surface area contributed by atoms with E-state index in [2.05, 4.69) is 55.5 Å². The van der Waals surface area contributed by atoms with Crippen molar-refractivity contribution in [2.45, 2.75) is 46.1 Å². The number of unbranched alkanes of at least 4 members (excludes halogenated alkanes) is 2. The van der Waals surface area contributed by atoms with E-state index in [1.165, 1.54) is 37.2 Å². The van der Waals surface area contributed by atoms with Crippen LogP contribution in [-0.2, 0) is 0 Å². The summed E-state index contributed by atoms with van der Waals surface area (Å²) in [4.78, 5) is 3.94. The van der Waals surface area contributed by atoms with E-state index in [1.54, 1.807) is 0 Å². The van der Waals surface area contributed by atoms with Crippen molar-refractivity contribution >= 4 is 11.3 Å². The molecule has 1 aromatic rings. The van der Waals surface area contributed by atoms with Crippen LogP contribution in [0, 0.1) is 5.92 Å². The predicted molar refractivity (Wildman–Crippen MR) is 86.9 cm³/mol. The molecule has 1 unspecified atom stereocenters. The zero-order valence-electron chi connectivity index (χ0n) is 13.0. The standard InChI is InChI=1S/C16H30N2S/c1-14(2)13-17-10-6-5-7-11-18(4)15(3)16-9-8-12-19-16/h8-9,12,14-15,17H,5-7,10-11,13H2,1-4H3. The molecule has 0 amide bonds. The van der Waals surface area contributed by atoms with Crippen molar-refractivity contribution in [3.63, 3.8) is 0 Å². The molecular weight excluding hydrogens is 252 g/mol. The van der Waals surface area contributed by atoms with Crippen molar-refractivity contribution in [3.8, 4) is 0 Å². The fourth-order valence-electron chi connectivity index (χ4n) is 2.12. The Bertz CT molecular complexity index is 309. The number of thiophene rings is 1. The van der Waals surface area contributed by atoms with Gasteiger partial charge in [-0.3, -0.25) is 4.90 Å². The summed E-state index contributed by atoms with van der Waals surface area (Å²) >= 11 is 1.86. The molecule has 0 aliphatic rings. The van der Waals surface area contributed by atoms with Gasteiger partial charge in [-0.2, -0.15) is 0 Å². The summed E-state index contributed by atoms with van der Waals surface area (Å²) in [6, 6.07) is 4.94. The molecule has 1 aromatic heterocycles. The monoisotopic (exact) mass is 282 g/mol. The Hall–Kier alpha value is -0.380. The first-order chi connectivity index (χ1) is 9.11. The smallest absolute Gasteiger partial charge is 0.0410 e. The molecule has 0 saturated heterocycles. The lowest BCUT2D eigenvalue weighted by Crippen LogP contribution is -2.23. The Morgan fingerprint density at radius 3 is 2.63 bits per heavy atom. The molecule has 3 heteroatoms. The Morgan fingerprint density at radius 1 is 1.21 bits per heavy atom. The topological polar surface area (TPSA) is 15.3 Å². The van der Waals surface area contributed by atoms with Gasteiger partial charge in [0.05, 0.1) is 0 Å². The average molecular weight is 282 g/mol. The minimum absolute atomic E-state index is 0.555. The van der Waals surface area contributed by atoms with Gasteiger partial charge in [0.2, 0.25) is 0 Å². The highest BCUT2D eigenvalue weighted by atomic mass is 32.1. The summed E-state index contributed by atoms with van der Waals surface area (Å²) in [5.41, 5.74) is 0. The van der Waals surface area contributed by atoms with Crippen LogP contribution in [0.2, 0.25) is 0 Å². The van der Waals surface area contributed by atoms with E-state index < -0.39 is 0 Å². The summed E-state index contributed by atoms with van der Waals surface area (Å²) in [6.07, 6.45) is 3.93. The Labute approximate surface area is 123 Å². The first-order valence-electron chi connectivity index (χ1n) is 7.55. The summed E-state index contributed by atoms with van der Waals surface area (Å²) in [6.45, 7) is 10.3. The third kappa shape index (κ3) is 7.09. The van der Waals surface area contributed by atoms with Crippen LogP contribution in [0.15, 0.2) is 17.5 Å². The lowest BCUT2D eigenvalue weighted by molar-refractivity contribution is 0.258. The summed E-state index contributed by atoms with van der Waals surface area (Å²) < 4.78 is 0. The molecule has 0 bridgehead atoms. The predicted octanol–water partition coefficient (Wildman–Crippen LogP) is 4.16. The Morgan fingerprint density at radius 2 is 2.00 bits per heavy atom. The molecule has 0 fully saturated rings. The minimum Gasteiger partial charge on any atom is -0.316 e. The highest BCUT2D eigenvalue weighted by Gasteiger charge is 2.11. The summed E-state index contributed by atoms with van der Waals surface area (Å²) in [7, 11) is 2.24. The van der Waals surface area contributed by atoms with Crippen molar-refractivity contribution < 1.29 is 0 Å². The molecule has 0 spiro atoms. The van der Waals surface area contributed by atoms with Gasteiger partial charge in [-0.15, -0.1) is 11.3 Å². The minimum atomic E-state index is 0.555. The molecule has 1 rings (SSSR count). The molecule has 0 radical (unpaired) electrons. The third-order valence-corrected chi connectivity index (χ3v) is 4.58. The van der Waals surface area contributed by atoms with Gasteiger partial charge in [0.1, 0.15) is 0 Å². The molecule has 1 atom stereocenters. The van der Waals surface area contributed by atoms with E-state index in [0.717, 1.165) is 12.5 Å². The highest BCUT2D eigenvalue weighted by Crippen LogP contribution is 2.23. The van der Waals surface area contributed by atoms with Gasteiger partial charge in [0.15, 0.2) is 0 Å². The number of hydrogen-bond donors (Lipinski definition) is 1. The molecular formula is C16H30N2S. The van der Waals surface area contributed by atoms with Crippen LogP contribution < -0.4 is 5.32 Å². The largest absolute Gasteiger partial charge is 0.316 e. The second-order valence-corrected chi connectivity index (χ2v) is 6.81. The van der Waals surface area contributed by atoms with Gasteiger partial charge in [-0.25, -0.2) is 0 Å². The lowest BCUT2D eigenvalue weighted by atomic mass is 10.2. The van der Waals surface area contributed by atoms with E-state index >= 15 is 0 Å². The van der Waals surface area contributed by atoms with Crippen molar-refractivity contribution in [1.82, 2.24) is 10.2 Å². The fourth-order valence-corrected chi connectivity index (χ4v) is 2.97. The zero-order valence-corrected chi connectivity index (χ0v) is 13.8. The van der Waals surface area contributed by atoms with Crippen LogP contribution in [0.25, 0.3) is 0 Å². The van der Waals surface area contributed by atoms with Crippen molar-refractivity contribution in [3.05, 3.63) is 22.4 Å². The second-order valence-electron chi connectivity index (χ2n) is 5.83. The molecule has 0 aliphatic heterocycles. The SMILES string of the molecule is CC(C)CNCCCCCN(C)C(C)c1cccs1. The molecule has 19 heavy (non-hydrogen) atoms. The van der Waals surface area contributed by atoms with Crippen molar-refractivity contribution in [2.24, 2.45) is 5.92 Å². The second kappa shape index (κ2) is 9.51. The van der Waals surface area contributed by atoms with Crippen LogP contribution in [0.4, 0.5) is 0 Å². The van der Waals surface area contributed by atoms with Gasteiger partial charge in [-0.1, -0.05) is 26.3 Å². The first-order valence-corrected chi connectivity index (χ1v) is 8.43. The van der Waals surface area contributed by atoms with E-state index in [1.807, 2.05) is 11.3 Å². The van der Waals surface area contributed by atoms with E-state index in [9.17, 15) is 0 Å². The zero-order chi connectivity index (χ0) is 14.1. The number of rotatable bonds is 10. The van der Waals surface area contributed by atoms with Crippen LogP contribution in [0.3, 0.4) is 0 Å². The average Bonchev–Trinajstić information content (AvgIpc) is 2.89. The third-order valence-electron chi connectivity index (χ3n) is 3.53.